The molecule has 0 fully saturated rings. The lowest BCUT2D eigenvalue weighted by molar-refractivity contribution is -0.153. The maximum absolute atomic E-state index is 13.4. The van der Waals surface area contributed by atoms with E-state index in [0.29, 0.717) is 0 Å². The van der Waals surface area contributed by atoms with Crippen molar-refractivity contribution in [1.82, 2.24) is 0 Å². The molecule has 1 aliphatic rings. The molecule has 0 saturated heterocycles. The van der Waals surface area contributed by atoms with E-state index in [0.717, 1.165) is 13.8 Å². The van der Waals surface area contributed by atoms with Crippen molar-refractivity contribution in [1.29, 1.82) is 0 Å². The van der Waals surface area contributed by atoms with E-state index in [2.05, 4.69) is 0 Å². The predicted molar refractivity (Wildman–Crippen MR) is 115 cm³/mol. The first-order valence-corrected chi connectivity index (χ1v) is 9.95. The van der Waals surface area contributed by atoms with Crippen LogP contribution in [0.3, 0.4) is 0 Å². The van der Waals surface area contributed by atoms with E-state index in [-0.39, 0.29) is 33.4 Å². The van der Waals surface area contributed by atoms with Crippen molar-refractivity contribution in [2.24, 2.45) is 0 Å². The molecule has 32 heavy (non-hydrogen) atoms. The lowest BCUT2D eigenvalue weighted by Crippen LogP contribution is -2.27. The molecule has 166 valence electrons. The van der Waals surface area contributed by atoms with Crippen LogP contribution in [0.25, 0.3) is 0 Å². The molecule has 2 aromatic rings. The molecule has 0 aromatic heterocycles. The Morgan fingerprint density at radius 3 is 2.09 bits per heavy atom. The van der Waals surface area contributed by atoms with Gasteiger partial charge in [0.25, 0.3) is 0 Å². The number of hydrogen-bond donors (Lipinski definition) is 0. The smallest absolute Gasteiger partial charge is 0.310 e. The van der Waals surface area contributed by atoms with Crippen LogP contribution < -0.4 is 4.74 Å². The third-order valence-corrected chi connectivity index (χ3v) is 4.76. The highest BCUT2D eigenvalue weighted by Crippen LogP contribution is 2.38. The summed E-state index contributed by atoms with van der Waals surface area (Å²) >= 11 is 0. The number of carbonyl (C=O) groups is 5. The van der Waals surface area contributed by atoms with E-state index >= 15 is 0 Å². The van der Waals surface area contributed by atoms with E-state index in [9.17, 15) is 24.0 Å². The van der Waals surface area contributed by atoms with Crippen molar-refractivity contribution in [3.8, 4) is 5.75 Å². The number of carbonyl (C=O) groups excluding carboxylic acids is 5. The topological polar surface area (TPSA) is 104 Å². The van der Waals surface area contributed by atoms with E-state index in [1.54, 1.807) is 32.9 Å². The second kappa shape index (κ2) is 8.49. The van der Waals surface area contributed by atoms with E-state index < -0.39 is 53.4 Å². The Kier molecular flexibility index (Phi) is 5.39. The zero-order valence-corrected chi connectivity index (χ0v) is 18.5. The van der Waals surface area contributed by atoms with Crippen molar-refractivity contribution in [3.05, 3.63) is 63.7 Å². The summed E-state index contributed by atoms with van der Waals surface area (Å²) in [5, 5.41) is 0. The molecule has 0 heterocycles. The Bertz CT molecular complexity index is 1250. The van der Waals surface area contributed by atoms with Crippen molar-refractivity contribution >= 4 is 29.3 Å². The summed E-state index contributed by atoms with van der Waals surface area (Å²) < 4.78 is 25.9. The molecule has 3 rings (SSSR count). The lowest BCUT2D eigenvalue weighted by atomic mass is 9.80. The van der Waals surface area contributed by atoms with Crippen LogP contribution in [0.15, 0.2) is 30.3 Å². The second-order valence-electron chi connectivity index (χ2n) is 8.33. The molecule has 0 saturated carbocycles. The number of Topliss-reactive ketones (excluding diaryl/α,β-unsaturated/α-hetero) is 1. The lowest BCUT2D eigenvalue weighted by Gasteiger charge is -2.24. The highest BCUT2D eigenvalue weighted by molar-refractivity contribution is 6.30. The van der Waals surface area contributed by atoms with Crippen LogP contribution in [0, 0.1) is 0 Å². The molecule has 0 aliphatic heterocycles. The Hall–Kier alpha value is -3.61. The van der Waals surface area contributed by atoms with Gasteiger partial charge in [-0.3, -0.25) is 24.0 Å². The molecule has 7 nitrogen and oxygen atoms in total. The van der Waals surface area contributed by atoms with Crippen LogP contribution in [0.4, 0.5) is 0 Å². The van der Waals surface area contributed by atoms with Crippen molar-refractivity contribution in [3.63, 3.8) is 0 Å². The third kappa shape index (κ3) is 4.37. The maximum atomic E-state index is 13.4. The summed E-state index contributed by atoms with van der Waals surface area (Å²) in [5.74, 6) is -4.44. The maximum Gasteiger partial charge on any atom is 0.310 e. The summed E-state index contributed by atoms with van der Waals surface area (Å²) in [6, 6.07) is 7.33. The first-order valence-electron chi connectivity index (χ1n) is 10.9. The third-order valence-electron chi connectivity index (χ3n) is 4.76. The van der Waals surface area contributed by atoms with Gasteiger partial charge in [-0.05, 0) is 39.3 Å². The second-order valence-corrected chi connectivity index (χ2v) is 8.33. The number of rotatable bonds is 5. The molecular formula is C25H24O7. The predicted octanol–water partition coefficient (Wildman–Crippen LogP) is 3.86. The summed E-state index contributed by atoms with van der Waals surface area (Å²) in [6.45, 7) is 7.11. The molecule has 2 aromatic carbocycles. The number of esters is 2. The summed E-state index contributed by atoms with van der Waals surface area (Å²) in [6.07, 6.45) is -2.89. The monoisotopic (exact) mass is 438 g/mol. The molecule has 0 amide bonds. The number of ether oxygens (including phenoxy) is 2. The minimum atomic E-state index is -2.46. The molecule has 0 N–H and O–H groups in total. The molecule has 0 unspecified atom stereocenters. The van der Waals surface area contributed by atoms with E-state index in [4.69, 9.17) is 12.2 Å². The highest BCUT2D eigenvalue weighted by atomic mass is 16.6. The zero-order chi connectivity index (χ0) is 25.6. The van der Waals surface area contributed by atoms with Crippen LogP contribution >= 0.6 is 0 Å². The largest absolute Gasteiger partial charge is 0.460 e. The summed E-state index contributed by atoms with van der Waals surface area (Å²) in [4.78, 5) is 64.3. The van der Waals surface area contributed by atoms with E-state index in [1.165, 1.54) is 18.2 Å². The van der Waals surface area contributed by atoms with Gasteiger partial charge in [0.15, 0.2) is 23.1 Å². The van der Waals surface area contributed by atoms with Gasteiger partial charge in [0.2, 0.25) is 0 Å². The molecule has 0 spiro atoms. The van der Waals surface area contributed by atoms with Crippen molar-refractivity contribution in [2.45, 2.75) is 53.0 Å². The molecule has 0 atom stereocenters. The van der Waals surface area contributed by atoms with Gasteiger partial charge in [-0.1, -0.05) is 31.2 Å². The van der Waals surface area contributed by atoms with Gasteiger partial charge >= 0.3 is 11.9 Å². The normalized spacial score (nSPS) is 14.0. The van der Waals surface area contributed by atoms with Crippen LogP contribution in [0.2, 0.25) is 0 Å². The zero-order valence-electron chi connectivity index (χ0n) is 20.5. The van der Waals surface area contributed by atoms with Crippen LogP contribution in [0.5, 0.6) is 5.75 Å². The first-order chi connectivity index (χ1) is 15.6. The SMILES string of the molecule is [2H]C([2H])(C)C(=O)Oc1c(C(C)=O)c(CC(=O)OC(C)(C)C)cc2c1C(=O)c1ccccc1C2=O. The Morgan fingerprint density at radius 1 is 0.969 bits per heavy atom. The minimum absolute atomic E-state index is 0.0282. The molecule has 0 bridgehead atoms. The van der Waals surface area contributed by atoms with Gasteiger partial charge in [0.05, 0.1) is 17.5 Å². The van der Waals surface area contributed by atoms with Gasteiger partial charge in [-0.25, -0.2) is 0 Å². The fourth-order valence-corrected chi connectivity index (χ4v) is 3.58. The molecule has 1 aliphatic carbocycles. The van der Waals surface area contributed by atoms with Gasteiger partial charge in [-0.15, -0.1) is 0 Å². The summed E-state index contributed by atoms with van der Waals surface area (Å²) in [5.41, 5.74) is -1.33. The molecular weight excluding hydrogens is 412 g/mol. The van der Waals surface area contributed by atoms with Crippen LogP contribution in [-0.2, 0) is 20.7 Å². The van der Waals surface area contributed by atoms with Gasteiger partial charge in [0, 0.05) is 25.8 Å². The van der Waals surface area contributed by atoms with Gasteiger partial charge in [-0.2, -0.15) is 0 Å². The number of ketones is 3. The van der Waals surface area contributed by atoms with Crippen molar-refractivity contribution < 1.29 is 36.2 Å². The quantitative estimate of drug-likeness (QED) is 0.338. The van der Waals surface area contributed by atoms with Gasteiger partial charge < -0.3 is 9.47 Å². The highest BCUT2D eigenvalue weighted by Gasteiger charge is 2.37. The Labute approximate surface area is 188 Å². The van der Waals surface area contributed by atoms with Gasteiger partial charge in [0.1, 0.15) is 5.60 Å². The average Bonchev–Trinajstić information content (AvgIpc) is 2.69. The Morgan fingerprint density at radius 2 is 1.56 bits per heavy atom. The average molecular weight is 438 g/mol. The number of benzene rings is 2. The first kappa shape index (κ1) is 20.3. The molecule has 7 heteroatoms. The standard InChI is InChI=1S/C25H24O7/c1-6-18(27)31-24-20(13(2)26)14(12-19(28)32-25(3,4)5)11-17-21(24)23(30)16-10-8-7-9-15(16)22(17)29/h7-11H,6,12H2,1-5H3/i6D2. The molecule has 0 radical (unpaired) electrons. The summed E-state index contributed by atoms with van der Waals surface area (Å²) in [7, 11) is 0. The fraction of sp³-hybridized carbons (Fsp3) is 0.320. The van der Waals surface area contributed by atoms with E-state index in [1.807, 2.05) is 0 Å². The number of fused-ring (bicyclic) bond motifs is 2. The fourth-order valence-electron chi connectivity index (χ4n) is 3.58. The van der Waals surface area contributed by atoms with Crippen LogP contribution in [-0.4, -0.2) is 34.9 Å². The van der Waals surface area contributed by atoms with Crippen LogP contribution in [0.1, 0.15) is 91.5 Å². The Balaban J connectivity index is 2.31. The number of hydrogen-bond acceptors (Lipinski definition) is 7. The minimum Gasteiger partial charge on any atom is -0.460 e. The van der Waals surface area contributed by atoms with Crippen molar-refractivity contribution in [2.75, 3.05) is 0 Å².